The van der Waals surface area contributed by atoms with E-state index >= 15 is 0 Å². The van der Waals surface area contributed by atoms with E-state index in [9.17, 15) is 9.59 Å². The molecule has 30 heavy (non-hydrogen) atoms. The third-order valence-electron chi connectivity index (χ3n) is 4.01. The van der Waals surface area contributed by atoms with E-state index in [0.29, 0.717) is 46.7 Å². The first-order valence-electron chi connectivity index (χ1n) is 9.48. The molecule has 2 amide bonds. The second-order valence-corrected chi connectivity index (χ2v) is 7.07. The lowest BCUT2D eigenvalue weighted by molar-refractivity contribution is 0.0997. The number of hydrogen-bond donors (Lipinski definition) is 2. The third-order valence-corrected chi connectivity index (χ3v) is 4.01. The van der Waals surface area contributed by atoms with Gasteiger partial charge in [0.05, 0.1) is 18.5 Å². The molecule has 1 aromatic heterocycles. The zero-order valence-electron chi connectivity index (χ0n) is 16.8. The molecular formula is C23H23N3O4. The van der Waals surface area contributed by atoms with Gasteiger partial charge in [0.25, 0.3) is 5.91 Å². The Morgan fingerprint density at radius 3 is 2.37 bits per heavy atom. The molecule has 2 aromatic carbocycles. The molecule has 3 aromatic rings. The molecule has 3 N–H and O–H groups in total. The first-order valence-corrected chi connectivity index (χ1v) is 9.48. The van der Waals surface area contributed by atoms with Gasteiger partial charge in [-0.15, -0.1) is 0 Å². The number of hydrogen-bond acceptors (Lipinski definition) is 5. The van der Waals surface area contributed by atoms with Crippen LogP contribution in [0.1, 0.15) is 34.6 Å². The van der Waals surface area contributed by atoms with Gasteiger partial charge in [-0.25, -0.2) is 4.98 Å². The number of carbonyl (C=O) groups excluding carboxylic acids is 2. The van der Waals surface area contributed by atoms with E-state index < -0.39 is 5.91 Å². The van der Waals surface area contributed by atoms with Crippen LogP contribution in [0.3, 0.4) is 0 Å². The molecule has 0 aliphatic heterocycles. The van der Waals surface area contributed by atoms with Crippen LogP contribution in [-0.2, 0) is 0 Å². The van der Waals surface area contributed by atoms with Gasteiger partial charge in [-0.3, -0.25) is 9.59 Å². The Hall–Kier alpha value is -3.87. The van der Waals surface area contributed by atoms with Crippen LogP contribution in [0.2, 0.25) is 0 Å². The highest BCUT2D eigenvalue weighted by Crippen LogP contribution is 2.22. The zero-order chi connectivity index (χ0) is 21.5. The van der Waals surface area contributed by atoms with Gasteiger partial charge in [0.15, 0.2) is 0 Å². The third kappa shape index (κ3) is 5.81. The van der Waals surface area contributed by atoms with E-state index in [1.807, 2.05) is 6.07 Å². The predicted molar refractivity (Wildman–Crippen MR) is 114 cm³/mol. The van der Waals surface area contributed by atoms with E-state index in [0.717, 1.165) is 0 Å². The van der Waals surface area contributed by atoms with Crippen LogP contribution in [0, 0.1) is 5.92 Å². The molecule has 154 valence electrons. The number of rotatable bonds is 8. The Balaban J connectivity index is 1.63. The smallest absolute Gasteiger partial charge is 0.255 e. The van der Waals surface area contributed by atoms with Crippen LogP contribution in [0.5, 0.6) is 17.4 Å². The summed E-state index contributed by atoms with van der Waals surface area (Å²) in [6, 6.07) is 16.8. The molecule has 0 bridgehead atoms. The maximum Gasteiger partial charge on any atom is 0.255 e. The van der Waals surface area contributed by atoms with Crippen molar-refractivity contribution in [2.45, 2.75) is 13.8 Å². The van der Waals surface area contributed by atoms with Crippen molar-refractivity contribution in [2.24, 2.45) is 11.7 Å². The molecule has 0 unspecified atom stereocenters. The lowest BCUT2D eigenvalue weighted by Crippen LogP contribution is -2.12. The van der Waals surface area contributed by atoms with Crippen LogP contribution >= 0.6 is 0 Å². The van der Waals surface area contributed by atoms with Gasteiger partial charge in [0, 0.05) is 17.2 Å². The largest absolute Gasteiger partial charge is 0.493 e. The molecule has 1 heterocycles. The van der Waals surface area contributed by atoms with Crippen LogP contribution < -0.4 is 20.5 Å². The number of carbonyl (C=O) groups is 2. The standard InChI is InChI=1S/C23H23N3O4/c1-15(2)14-29-19-7-4-6-17(12-19)23(28)26-18-9-10-21(25-13-18)30-20-8-3-5-16(11-20)22(24)27/h3-13,15H,14H2,1-2H3,(H2,24,27)(H,26,28). The summed E-state index contributed by atoms with van der Waals surface area (Å²) < 4.78 is 11.3. The summed E-state index contributed by atoms with van der Waals surface area (Å²) in [6.45, 7) is 4.70. The minimum absolute atomic E-state index is 0.269. The number of nitrogens with zero attached hydrogens (tertiary/aromatic N) is 1. The molecule has 0 aliphatic carbocycles. The molecule has 7 nitrogen and oxygen atoms in total. The van der Waals surface area contributed by atoms with Crippen molar-refractivity contribution in [3.63, 3.8) is 0 Å². The first-order chi connectivity index (χ1) is 14.4. The van der Waals surface area contributed by atoms with Gasteiger partial charge in [0.2, 0.25) is 11.8 Å². The quantitative estimate of drug-likeness (QED) is 0.583. The lowest BCUT2D eigenvalue weighted by atomic mass is 10.2. The maximum atomic E-state index is 12.5. The van der Waals surface area contributed by atoms with Crippen molar-refractivity contribution in [3.05, 3.63) is 78.0 Å². The fourth-order valence-electron chi connectivity index (χ4n) is 2.54. The SMILES string of the molecule is CC(C)COc1cccc(C(=O)Nc2ccc(Oc3cccc(C(N)=O)c3)nc2)c1. The number of primary amides is 1. The molecule has 0 fully saturated rings. The van der Waals surface area contributed by atoms with E-state index in [2.05, 4.69) is 24.1 Å². The fourth-order valence-corrected chi connectivity index (χ4v) is 2.54. The van der Waals surface area contributed by atoms with Gasteiger partial charge in [-0.05, 0) is 48.4 Å². The fraction of sp³-hybridized carbons (Fsp3) is 0.174. The number of ether oxygens (including phenoxy) is 2. The molecule has 3 rings (SSSR count). The first kappa shape index (κ1) is 20.9. The maximum absolute atomic E-state index is 12.5. The Morgan fingerprint density at radius 2 is 1.70 bits per heavy atom. The second-order valence-electron chi connectivity index (χ2n) is 7.07. The van der Waals surface area contributed by atoms with Crippen molar-refractivity contribution in [1.82, 2.24) is 4.98 Å². The van der Waals surface area contributed by atoms with Gasteiger partial charge in [0.1, 0.15) is 11.5 Å². The van der Waals surface area contributed by atoms with Crippen LogP contribution in [0.15, 0.2) is 66.9 Å². The number of amides is 2. The minimum Gasteiger partial charge on any atom is -0.493 e. The van der Waals surface area contributed by atoms with E-state index in [4.69, 9.17) is 15.2 Å². The van der Waals surface area contributed by atoms with Crippen LogP contribution in [-0.4, -0.2) is 23.4 Å². The average molecular weight is 405 g/mol. The topological polar surface area (TPSA) is 104 Å². The monoisotopic (exact) mass is 405 g/mol. The van der Waals surface area contributed by atoms with Gasteiger partial charge < -0.3 is 20.5 Å². The molecule has 0 spiro atoms. The van der Waals surface area contributed by atoms with E-state index in [-0.39, 0.29) is 5.91 Å². The molecule has 7 heteroatoms. The normalized spacial score (nSPS) is 10.5. The summed E-state index contributed by atoms with van der Waals surface area (Å²) in [6.07, 6.45) is 1.49. The summed E-state index contributed by atoms with van der Waals surface area (Å²) in [5, 5.41) is 2.79. The minimum atomic E-state index is -0.537. The highest BCUT2D eigenvalue weighted by molar-refractivity contribution is 6.04. The van der Waals surface area contributed by atoms with Crippen molar-refractivity contribution < 1.29 is 19.1 Å². The molecule has 0 radical (unpaired) electrons. The van der Waals surface area contributed by atoms with E-state index in [1.54, 1.807) is 48.5 Å². The molecular weight excluding hydrogens is 382 g/mol. The molecule has 0 saturated heterocycles. The Morgan fingerprint density at radius 1 is 1.00 bits per heavy atom. The Kier molecular flexibility index (Phi) is 6.64. The van der Waals surface area contributed by atoms with Gasteiger partial charge in [-0.2, -0.15) is 0 Å². The van der Waals surface area contributed by atoms with Gasteiger partial charge in [-0.1, -0.05) is 26.0 Å². The molecule has 0 saturated carbocycles. The lowest BCUT2D eigenvalue weighted by Gasteiger charge is -2.10. The van der Waals surface area contributed by atoms with Crippen molar-refractivity contribution >= 4 is 17.5 Å². The second kappa shape index (κ2) is 9.56. The van der Waals surface area contributed by atoms with Gasteiger partial charge >= 0.3 is 0 Å². The van der Waals surface area contributed by atoms with Crippen LogP contribution in [0.25, 0.3) is 0 Å². The molecule has 0 atom stereocenters. The highest BCUT2D eigenvalue weighted by Gasteiger charge is 2.09. The zero-order valence-corrected chi connectivity index (χ0v) is 16.8. The Labute approximate surface area is 174 Å². The van der Waals surface area contributed by atoms with Crippen molar-refractivity contribution in [1.29, 1.82) is 0 Å². The predicted octanol–water partition coefficient (Wildman–Crippen LogP) is 4.26. The van der Waals surface area contributed by atoms with E-state index in [1.165, 1.54) is 12.3 Å². The number of anilines is 1. The summed E-state index contributed by atoms with van der Waals surface area (Å²) in [5.41, 5.74) is 6.62. The average Bonchev–Trinajstić information content (AvgIpc) is 2.74. The van der Waals surface area contributed by atoms with Crippen molar-refractivity contribution in [3.8, 4) is 17.4 Å². The summed E-state index contributed by atoms with van der Waals surface area (Å²) in [7, 11) is 0. The molecule has 0 aliphatic rings. The number of benzene rings is 2. The summed E-state index contributed by atoms with van der Waals surface area (Å²) in [4.78, 5) is 28.0. The Bertz CT molecular complexity index is 1030. The number of aromatic nitrogens is 1. The summed E-state index contributed by atoms with van der Waals surface area (Å²) in [5.74, 6) is 0.997. The number of nitrogens with one attached hydrogen (secondary N) is 1. The summed E-state index contributed by atoms with van der Waals surface area (Å²) >= 11 is 0. The van der Waals surface area contributed by atoms with Crippen LogP contribution in [0.4, 0.5) is 5.69 Å². The number of pyridine rings is 1. The number of nitrogens with two attached hydrogens (primary N) is 1. The highest BCUT2D eigenvalue weighted by atomic mass is 16.5. The van der Waals surface area contributed by atoms with Crippen molar-refractivity contribution in [2.75, 3.05) is 11.9 Å².